The number of hydrogen-bond donors (Lipinski definition) is 2. The molecule has 1 heterocycles. The van der Waals surface area contributed by atoms with E-state index in [2.05, 4.69) is 15.4 Å². The van der Waals surface area contributed by atoms with Crippen molar-refractivity contribution in [2.75, 3.05) is 5.32 Å². The number of thiocarbonyl (C=S) groups is 1. The van der Waals surface area contributed by atoms with Crippen LogP contribution in [0.4, 0.5) is 5.69 Å². The Labute approximate surface area is 111 Å². The molecule has 0 unspecified atom stereocenters. The van der Waals surface area contributed by atoms with Crippen LogP contribution in [0.25, 0.3) is 0 Å². The lowest BCUT2D eigenvalue weighted by molar-refractivity contribution is 0.747. The molecule has 0 amide bonds. The Morgan fingerprint density at radius 1 is 1.50 bits per heavy atom. The number of rotatable bonds is 4. The van der Waals surface area contributed by atoms with Crippen LogP contribution >= 0.6 is 12.2 Å². The molecular formula is C12H15N5S. The molecule has 0 bridgehead atoms. The summed E-state index contributed by atoms with van der Waals surface area (Å²) in [5.74, 6) is 0.729. The second kappa shape index (κ2) is 5.14. The third kappa shape index (κ3) is 2.84. The zero-order valence-corrected chi connectivity index (χ0v) is 11.2. The summed E-state index contributed by atoms with van der Waals surface area (Å²) in [5.41, 5.74) is 8.59. The van der Waals surface area contributed by atoms with Crippen LogP contribution in [0, 0.1) is 6.92 Å². The van der Waals surface area contributed by atoms with Gasteiger partial charge < -0.3 is 11.1 Å². The minimum Gasteiger partial charge on any atom is -0.389 e. The zero-order chi connectivity index (χ0) is 13.1. The highest BCUT2D eigenvalue weighted by molar-refractivity contribution is 7.80. The van der Waals surface area contributed by atoms with Gasteiger partial charge in [0, 0.05) is 18.3 Å². The quantitative estimate of drug-likeness (QED) is 0.814. The highest BCUT2D eigenvalue weighted by Gasteiger charge is 2.06. The molecule has 0 saturated heterocycles. The molecule has 0 radical (unpaired) electrons. The van der Waals surface area contributed by atoms with Gasteiger partial charge in [0.15, 0.2) is 5.82 Å². The molecule has 6 heteroatoms. The minimum atomic E-state index is 0.384. The maximum atomic E-state index is 5.71. The van der Waals surface area contributed by atoms with Crippen molar-refractivity contribution in [2.45, 2.75) is 13.5 Å². The molecule has 3 N–H and O–H groups in total. The van der Waals surface area contributed by atoms with Crippen LogP contribution in [0.2, 0.25) is 0 Å². The lowest BCUT2D eigenvalue weighted by Crippen LogP contribution is -2.14. The van der Waals surface area contributed by atoms with Gasteiger partial charge in [0.1, 0.15) is 11.3 Å². The molecule has 1 aromatic heterocycles. The molecular weight excluding hydrogens is 246 g/mol. The van der Waals surface area contributed by atoms with Crippen molar-refractivity contribution < 1.29 is 0 Å². The summed E-state index contributed by atoms with van der Waals surface area (Å²) in [5, 5.41) is 7.44. The number of benzene rings is 1. The number of nitrogens with zero attached hydrogens (tertiary/aromatic N) is 3. The number of nitrogens with one attached hydrogen (secondary N) is 1. The Morgan fingerprint density at radius 2 is 2.28 bits per heavy atom. The maximum absolute atomic E-state index is 5.71. The standard InChI is InChI=1S/C12H15N5S/c1-8-3-4-10(9(5-8)12(13)18)14-6-11-15-7-17(2)16-11/h3-5,7,14H,6H2,1-2H3,(H2,13,18). The fraction of sp³-hybridized carbons (Fsp3) is 0.250. The summed E-state index contributed by atoms with van der Waals surface area (Å²) in [7, 11) is 1.84. The van der Waals surface area contributed by atoms with E-state index in [-0.39, 0.29) is 0 Å². The number of aryl methyl sites for hydroxylation is 2. The third-order valence-electron chi connectivity index (χ3n) is 2.52. The van der Waals surface area contributed by atoms with Crippen LogP contribution in [0.1, 0.15) is 17.0 Å². The van der Waals surface area contributed by atoms with E-state index >= 15 is 0 Å². The van der Waals surface area contributed by atoms with Crippen LogP contribution in [-0.4, -0.2) is 19.8 Å². The SMILES string of the molecule is Cc1ccc(NCc2ncn(C)n2)c(C(N)=S)c1. The summed E-state index contributed by atoms with van der Waals surface area (Å²) in [6, 6.07) is 5.94. The van der Waals surface area contributed by atoms with Crippen molar-refractivity contribution in [1.29, 1.82) is 0 Å². The van der Waals surface area contributed by atoms with Crippen molar-refractivity contribution in [1.82, 2.24) is 14.8 Å². The van der Waals surface area contributed by atoms with Crippen LogP contribution in [0.15, 0.2) is 24.5 Å². The number of aromatic nitrogens is 3. The molecule has 5 nitrogen and oxygen atoms in total. The Bertz CT molecular complexity index is 576. The van der Waals surface area contributed by atoms with E-state index in [9.17, 15) is 0 Å². The van der Waals surface area contributed by atoms with Gasteiger partial charge in [-0.15, -0.1) is 0 Å². The molecule has 0 atom stereocenters. The number of nitrogens with two attached hydrogens (primary N) is 1. The van der Waals surface area contributed by atoms with E-state index in [0.717, 1.165) is 22.6 Å². The Morgan fingerprint density at radius 3 is 2.89 bits per heavy atom. The van der Waals surface area contributed by atoms with Crippen molar-refractivity contribution in [3.63, 3.8) is 0 Å². The highest BCUT2D eigenvalue weighted by Crippen LogP contribution is 2.17. The summed E-state index contributed by atoms with van der Waals surface area (Å²) >= 11 is 5.05. The van der Waals surface area contributed by atoms with Crippen LogP contribution in [0.5, 0.6) is 0 Å². The largest absolute Gasteiger partial charge is 0.389 e. The van der Waals surface area contributed by atoms with E-state index in [0.29, 0.717) is 11.5 Å². The van der Waals surface area contributed by atoms with Crippen molar-refractivity contribution in [3.8, 4) is 0 Å². The third-order valence-corrected chi connectivity index (χ3v) is 2.74. The Hall–Kier alpha value is -1.95. The first-order valence-electron chi connectivity index (χ1n) is 5.55. The molecule has 0 spiro atoms. The molecule has 0 fully saturated rings. The fourth-order valence-corrected chi connectivity index (χ4v) is 1.82. The fourth-order valence-electron chi connectivity index (χ4n) is 1.66. The van der Waals surface area contributed by atoms with Gasteiger partial charge in [0.05, 0.1) is 6.54 Å². The average Bonchev–Trinajstić information content (AvgIpc) is 2.73. The van der Waals surface area contributed by atoms with Crippen LogP contribution in [-0.2, 0) is 13.6 Å². The van der Waals surface area contributed by atoms with Gasteiger partial charge in [0.2, 0.25) is 0 Å². The van der Waals surface area contributed by atoms with Crippen molar-refractivity contribution >= 4 is 22.9 Å². The van der Waals surface area contributed by atoms with Crippen molar-refractivity contribution in [2.24, 2.45) is 12.8 Å². The highest BCUT2D eigenvalue weighted by atomic mass is 32.1. The Balaban J connectivity index is 2.16. The van der Waals surface area contributed by atoms with Gasteiger partial charge in [-0.25, -0.2) is 4.98 Å². The first-order valence-corrected chi connectivity index (χ1v) is 5.96. The summed E-state index contributed by atoms with van der Waals surface area (Å²) < 4.78 is 1.67. The van der Waals surface area contributed by atoms with E-state index in [1.807, 2.05) is 32.2 Å². The van der Waals surface area contributed by atoms with Gasteiger partial charge in [-0.05, 0) is 19.1 Å². The average molecular weight is 261 g/mol. The predicted molar refractivity (Wildman–Crippen MR) is 75.4 cm³/mol. The first kappa shape index (κ1) is 12.5. The number of hydrogen-bond acceptors (Lipinski definition) is 4. The van der Waals surface area contributed by atoms with Gasteiger partial charge in [-0.1, -0.05) is 23.8 Å². The molecule has 1 aromatic carbocycles. The predicted octanol–water partition coefficient (Wildman–Crippen LogP) is 1.37. The van der Waals surface area contributed by atoms with Gasteiger partial charge in [-0.2, -0.15) is 5.10 Å². The number of anilines is 1. The minimum absolute atomic E-state index is 0.384. The second-order valence-corrected chi connectivity index (χ2v) is 4.54. The van der Waals surface area contributed by atoms with Crippen molar-refractivity contribution in [3.05, 3.63) is 41.5 Å². The summed E-state index contributed by atoms with van der Waals surface area (Å²) in [4.78, 5) is 4.53. The lowest BCUT2D eigenvalue weighted by Gasteiger charge is -2.10. The molecule has 0 aliphatic carbocycles. The summed E-state index contributed by atoms with van der Waals surface area (Å²) in [6.45, 7) is 2.55. The monoisotopic (exact) mass is 261 g/mol. The molecule has 2 aromatic rings. The molecule has 94 valence electrons. The zero-order valence-electron chi connectivity index (χ0n) is 10.3. The van der Waals surface area contributed by atoms with E-state index in [1.54, 1.807) is 11.0 Å². The normalized spacial score (nSPS) is 10.3. The molecule has 2 rings (SSSR count). The maximum Gasteiger partial charge on any atom is 0.169 e. The van der Waals surface area contributed by atoms with Crippen LogP contribution < -0.4 is 11.1 Å². The van der Waals surface area contributed by atoms with Gasteiger partial charge in [-0.3, -0.25) is 4.68 Å². The molecule has 0 aliphatic heterocycles. The van der Waals surface area contributed by atoms with E-state index in [4.69, 9.17) is 18.0 Å². The van der Waals surface area contributed by atoms with Gasteiger partial charge in [0.25, 0.3) is 0 Å². The van der Waals surface area contributed by atoms with E-state index < -0.39 is 0 Å². The van der Waals surface area contributed by atoms with Crippen LogP contribution in [0.3, 0.4) is 0 Å². The van der Waals surface area contributed by atoms with Gasteiger partial charge >= 0.3 is 0 Å². The molecule has 18 heavy (non-hydrogen) atoms. The molecule has 0 aliphatic rings. The first-order chi connectivity index (χ1) is 8.56. The molecule has 0 saturated carbocycles. The summed E-state index contributed by atoms with van der Waals surface area (Å²) in [6.07, 6.45) is 1.67. The lowest BCUT2D eigenvalue weighted by atomic mass is 10.1. The smallest absolute Gasteiger partial charge is 0.169 e. The second-order valence-electron chi connectivity index (χ2n) is 4.10. The van der Waals surface area contributed by atoms with E-state index in [1.165, 1.54) is 0 Å². The topological polar surface area (TPSA) is 68.8 Å². The Kier molecular flexibility index (Phi) is 3.57.